The molecule has 1 aliphatic heterocycles. The van der Waals surface area contributed by atoms with Gasteiger partial charge in [-0.05, 0) is 42.5 Å². The smallest absolute Gasteiger partial charge is 0.229 e. The van der Waals surface area contributed by atoms with E-state index in [1.54, 1.807) is 6.20 Å². The lowest BCUT2D eigenvalue weighted by Gasteiger charge is -2.36. The van der Waals surface area contributed by atoms with Crippen LogP contribution >= 0.6 is 11.6 Å². The summed E-state index contributed by atoms with van der Waals surface area (Å²) in [6.07, 6.45) is 1.74. The molecule has 5 nitrogen and oxygen atoms in total. The minimum Gasteiger partial charge on any atom is -0.368 e. The van der Waals surface area contributed by atoms with Gasteiger partial charge in [-0.25, -0.2) is 9.37 Å². The molecule has 0 saturated carbocycles. The third-order valence-electron chi connectivity index (χ3n) is 4.56. The molecule has 1 aliphatic rings. The summed E-state index contributed by atoms with van der Waals surface area (Å²) in [5, 5.41) is 3.79. The van der Waals surface area contributed by atoms with Gasteiger partial charge in [0.1, 0.15) is 11.6 Å². The van der Waals surface area contributed by atoms with Gasteiger partial charge in [0, 0.05) is 38.1 Å². The Kier molecular flexibility index (Phi) is 5.07. The van der Waals surface area contributed by atoms with E-state index in [4.69, 9.17) is 11.6 Å². The predicted octanol–water partition coefficient (Wildman–Crippen LogP) is 4.34. The molecule has 1 N–H and O–H groups in total. The molecule has 0 spiro atoms. The third kappa shape index (κ3) is 4.11. The lowest BCUT2D eigenvalue weighted by atomic mass is 10.2. The number of nitrogens with zero attached hydrogens (tertiary/aromatic N) is 4. The molecule has 0 bridgehead atoms. The summed E-state index contributed by atoms with van der Waals surface area (Å²) >= 11 is 6.19. The van der Waals surface area contributed by atoms with E-state index in [2.05, 4.69) is 25.1 Å². The number of para-hydroxylation sites is 1. The van der Waals surface area contributed by atoms with Crippen LogP contribution in [0.5, 0.6) is 0 Å². The van der Waals surface area contributed by atoms with Gasteiger partial charge in [0.2, 0.25) is 5.95 Å². The second-order valence-corrected chi connectivity index (χ2v) is 6.70. The van der Waals surface area contributed by atoms with Crippen LogP contribution in [0.2, 0.25) is 5.02 Å². The van der Waals surface area contributed by atoms with Crippen molar-refractivity contribution in [3.63, 3.8) is 0 Å². The zero-order valence-corrected chi connectivity index (χ0v) is 15.4. The first-order valence-corrected chi connectivity index (χ1v) is 9.17. The first-order valence-electron chi connectivity index (χ1n) is 8.79. The summed E-state index contributed by atoms with van der Waals surface area (Å²) in [5.41, 5.74) is 1.82. The molecule has 27 heavy (non-hydrogen) atoms. The highest BCUT2D eigenvalue weighted by Crippen LogP contribution is 2.24. The van der Waals surface area contributed by atoms with Crippen molar-refractivity contribution < 1.29 is 4.39 Å². The van der Waals surface area contributed by atoms with Crippen molar-refractivity contribution in [1.29, 1.82) is 0 Å². The van der Waals surface area contributed by atoms with E-state index in [1.807, 2.05) is 42.5 Å². The van der Waals surface area contributed by atoms with E-state index in [0.29, 0.717) is 11.0 Å². The van der Waals surface area contributed by atoms with E-state index in [-0.39, 0.29) is 5.82 Å². The van der Waals surface area contributed by atoms with Gasteiger partial charge in [-0.2, -0.15) is 4.98 Å². The minimum atomic E-state index is -0.211. The van der Waals surface area contributed by atoms with Gasteiger partial charge in [0.05, 0.1) is 10.7 Å². The largest absolute Gasteiger partial charge is 0.368 e. The number of benzene rings is 2. The first-order chi connectivity index (χ1) is 13.2. The molecule has 2 heterocycles. The van der Waals surface area contributed by atoms with Gasteiger partial charge < -0.3 is 15.1 Å². The maximum absolute atomic E-state index is 13.1. The van der Waals surface area contributed by atoms with Crippen molar-refractivity contribution in [3.05, 3.63) is 71.6 Å². The Morgan fingerprint density at radius 2 is 1.59 bits per heavy atom. The van der Waals surface area contributed by atoms with Crippen molar-refractivity contribution in [2.24, 2.45) is 0 Å². The molecule has 1 aromatic heterocycles. The fraction of sp³-hybridized carbons (Fsp3) is 0.200. The van der Waals surface area contributed by atoms with Crippen molar-refractivity contribution in [1.82, 2.24) is 9.97 Å². The number of hydrogen-bond acceptors (Lipinski definition) is 5. The molecule has 3 aromatic rings. The van der Waals surface area contributed by atoms with E-state index in [0.717, 1.165) is 43.4 Å². The van der Waals surface area contributed by atoms with Gasteiger partial charge >= 0.3 is 0 Å². The minimum absolute atomic E-state index is 0.211. The Labute approximate surface area is 162 Å². The average Bonchev–Trinajstić information content (AvgIpc) is 2.71. The number of aromatic nitrogens is 2. The zero-order valence-electron chi connectivity index (χ0n) is 14.6. The van der Waals surface area contributed by atoms with E-state index in [1.165, 1.54) is 12.1 Å². The number of nitrogens with one attached hydrogen (secondary N) is 1. The number of piperazine rings is 1. The average molecular weight is 384 g/mol. The Hall–Kier alpha value is -2.86. The highest BCUT2D eigenvalue weighted by Gasteiger charge is 2.19. The van der Waals surface area contributed by atoms with Crippen LogP contribution in [-0.2, 0) is 0 Å². The number of anilines is 4. The van der Waals surface area contributed by atoms with Gasteiger partial charge in [-0.1, -0.05) is 23.7 Å². The van der Waals surface area contributed by atoms with Crippen LogP contribution in [0, 0.1) is 5.82 Å². The van der Waals surface area contributed by atoms with Crippen LogP contribution in [0.15, 0.2) is 60.8 Å². The lowest BCUT2D eigenvalue weighted by Crippen LogP contribution is -2.46. The molecule has 0 atom stereocenters. The molecular formula is C20H19ClFN5. The Balaban J connectivity index is 1.43. The van der Waals surface area contributed by atoms with Gasteiger partial charge in [-0.15, -0.1) is 0 Å². The third-order valence-corrected chi connectivity index (χ3v) is 4.89. The van der Waals surface area contributed by atoms with Crippen LogP contribution < -0.4 is 15.1 Å². The summed E-state index contributed by atoms with van der Waals surface area (Å²) in [6.45, 7) is 3.37. The van der Waals surface area contributed by atoms with Crippen LogP contribution in [-0.4, -0.2) is 36.1 Å². The normalized spacial score (nSPS) is 14.3. The molecule has 7 heteroatoms. The van der Waals surface area contributed by atoms with Crippen LogP contribution in [0.3, 0.4) is 0 Å². The topological polar surface area (TPSA) is 44.3 Å². The molecule has 0 radical (unpaired) electrons. The van der Waals surface area contributed by atoms with Crippen LogP contribution in [0.4, 0.5) is 27.5 Å². The van der Waals surface area contributed by atoms with E-state index in [9.17, 15) is 4.39 Å². The summed E-state index contributed by atoms with van der Waals surface area (Å²) in [6, 6.07) is 16.0. The van der Waals surface area contributed by atoms with Crippen LogP contribution in [0.1, 0.15) is 0 Å². The molecule has 0 amide bonds. The first kappa shape index (κ1) is 17.5. The van der Waals surface area contributed by atoms with Crippen molar-refractivity contribution in [3.8, 4) is 0 Å². The highest BCUT2D eigenvalue weighted by atomic mass is 35.5. The summed E-state index contributed by atoms with van der Waals surface area (Å²) in [5.74, 6) is 1.18. The quantitative estimate of drug-likeness (QED) is 0.726. The molecule has 4 rings (SSSR count). The van der Waals surface area contributed by atoms with E-state index < -0.39 is 0 Å². The highest BCUT2D eigenvalue weighted by molar-refractivity contribution is 6.33. The number of hydrogen-bond donors (Lipinski definition) is 1. The standard InChI is InChI=1S/C20H19ClFN5/c21-17-3-1-2-4-18(17)24-20-23-10-9-19(25-20)27-13-11-26(12-14-27)16-7-5-15(22)6-8-16/h1-10H,11-14H2,(H,23,24,25). The fourth-order valence-electron chi connectivity index (χ4n) is 3.11. The van der Waals surface area contributed by atoms with E-state index >= 15 is 0 Å². The lowest BCUT2D eigenvalue weighted by molar-refractivity contribution is 0.624. The fourth-order valence-corrected chi connectivity index (χ4v) is 3.30. The SMILES string of the molecule is Fc1ccc(N2CCN(c3ccnc(Nc4ccccc4Cl)n3)CC2)cc1. The van der Waals surface area contributed by atoms with Crippen molar-refractivity contribution in [2.75, 3.05) is 41.3 Å². The Bertz CT molecular complexity index is 910. The summed E-state index contributed by atoms with van der Waals surface area (Å²) in [7, 11) is 0. The number of halogens is 2. The summed E-state index contributed by atoms with van der Waals surface area (Å²) < 4.78 is 13.1. The molecule has 0 unspecified atom stereocenters. The van der Waals surface area contributed by atoms with Crippen molar-refractivity contribution >= 4 is 34.7 Å². The second-order valence-electron chi connectivity index (χ2n) is 6.29. The van der Waals surface area contributed by atoms with Gasteiger partial charge in [0.25, 0.3) is 0 Å². The summed E-state index contributed by atoms with van der Waals surface area (Å²) in [4.78, 5) is 13.4. The molecule has 2 aromatic carbocycles. The molecule has 1 saturated heterocycles. The van der Waals surface area contributed by atoms with Crippen LogP contribution in [0.25, 0.3) is 0 Å². The number of rotatable bonds is 4. The maximum Gasteiger partial charge on any atom is 0.229 e. The monoisotopic (exact) mass is 383 g/mol. The molecule has 1 fully saturated rings. The van der Waals surface area contributed by atoms with Gasteiger partial charge in [0.15, 0.2) is 0 Å². The predicted molar refractivity (Wildman–Crippen MR) is 108 cm³/mol. The second kappa shape index (κ2) is 7.80. The molecule has 138 valence electrons. The maximum atomic E-state index is 13.1. The zero-order chi connectivity index (χ0) is 18.6. The van der Waals surface area contributed by atoms with Crippen molar-refractivity contribution in [2.45, 2.75) is 0 Å². The molecular weight excluding hydrogens is 365 g/mol. The molecule has 0 aliphatic carbocycles. The Morgan fingerprint density at radius 3 is 2.33 bits per heavy atom. The van der Waals surface area contributed by atoms with Gasteiger partial charge in [-0.3, -0.25) is 0 Å². The Morgan fingerprint density at radius 1 is 0.889 bits per heavy atom.